The van der Waals surface area contributed by atoms with E-state index in [4.69, 9.17) is 28.4 Å². The van der Waals surface area contributed by atoms with Crippen LogP contribution in [0.5, 0.6) is 0 Å². The van der Waals surface area contributed by atoms with Crippen LogP contribution >= 0.6 is 0 Å². The summed E-state index contributed by atoms with van der Waals surface area (Å²) in [4.78, 5) is 0. The lowest BCUT2D eigenvalue weighted by molar-refractivity contribution is -0.0662. The van der Waals surface area contributed by atoms with Crippen molar-refractivity contribution in [2.24, 2.45) is 0 Å². The summed E-state index contributed by atoms with van der Waals surface area (Å²) < 4.78 is 31.2. The van der Waals surface area contributed by atoms with Crippen molar-refractivity contribution in [3.63, 3.8) is 0 Å². The molecule has 0 radical (unpaired) electrons. The van der Waals surface area contributed by atoms with Gasteiger partial charge in [0.05, 0.1) is 39.6 Å². The fraction of sp³-hybridized carbons (Fsp3) is 1.00. The Balaban J connectivity index is 2.90. The summed E-state index contributed by atoms with van der Waals surface area (Å²) in [5.74, 6) is 0. The number of hydrogen-bond acceptors (Lipinski definition) is 7. The van der Waals surface area contributed by atoms with Gasteiger partial charge < -0.3 is 33.7 Å². The van der Waals surface area contributed by atoms with Gasteiger partial charge in [0.25, 0.3) is 0 Å². The van der Waals surface area contributed by atoms with Crippen LogP contribution in [-0.2, 0) is 28.4 Å². The van der Waals surface area contributed by atoms with Crippen molar-refractivity contribution in [1.29, 1.82) is 0 Å². The van der Waals surface area contributed by atoms with Crippen molar-refractivity contribution in [2.45, 2.75) is 13.8 Å². The van der Waals surface area contributed by atoms with Gasteiger partial charge in [-0.2, -0.15) is 0 Å². The minimum absolute atomic E-state index is 0.337. The number of nitrogens with one attached hydrogen (secondary N) is 1. The van der Waals surface area contributed by atoms with Crippen LogP contribution in [0.25, 0.3) is 0 Å². The van der Waals surface area contributed by atoms with Gasteiger partial charge >= 0.3 is 0 Å². The van der Waals surface area contributed by atoms with Gasteiger partial charge in [-0.3, -0.25) is 0 Å². The fourth-order valence-corrected chi connectivity index (χ4v) is 1.26. The highest BCUT2D eigenvalue weighted by Gasteiger charge is 1.92. The van der Waals surface area contributed by atoms with Crippen LogP contribution in [-0.4, -0.2) is 79.5 Å². The van der Waals surface area contributed by atoms with Crippen molar-refractivity contribution in [3.8, 4) is 0 Å². The van der Waals surface area contributed by atoms with Crippen molar-refractivity contribution >= 4 is 0 Å². The van der Waals surface area contributed by atoms with Crippen molar-refractivity contribution < 1.29 is 28.4 Å². The van der Waals surface area contributed by atoms with E-state index in [1.54, 1.807) is 0 Å². The maximum Gasteiger partial charge on any atom is 0.146 e. The van der Waals surface area contributed by atoms with Gasteiger partial charge in [-0.1, -0.05) is 0 Å². The summed E-state index contributed by atoms with van der Waals surface area (Å²) in [6.07, 6.45) is 0. The normalized spacial score (nSPS) is 11.1. The van der Waals surface area contributed by atoms with Gasteiger partial charge in [-0.15, -0.1) is 0 Å². The largest absolute Gasteiger partial charge is 0.378 e. The molecular formula is C14H31NO6. The zero-order chi connectivity index (χ0) is 15.4. The van der Waals surface area contributed by atoms with Gasteiger partial charge in [0.2, 0.25) is 0 Å². The van der Waals surface area contributed by atoms with Gasteiger partial charge in [0.1, 0.15) is 13.6 Å². The number of ether oxygens (including phenoxy) is 6. The lowest BCUT2D eigenvalue weighted by Crippen LogP contribution is -2.25. The molecule has 0 rings (SSSR count). The zero-order valence-corrected chi connectivity index (χ0v) is 13.4. The molecule has 0 aliphatic rings. The molecule has 0 unspecified atom stereocenters. The van der Waals surface area contributed by atoms with E-state index in [1.165, 1.54) is 0 Å². The Morgan fingerprint density at radius 1 is 0.524 bits per heavy atom. The molecule has 0 aromatic carbocycles. The third kappa shape index (κ3) is 19.7. The van der Waals surface area contributed by atoms with Crippen LogP contribution in [0.1, 0.15) is 13.8 Å². The Morgan fingerprint density at radius 3 is 1.38 bits per heavy atom. The molecule has 7 nitrogen and oxygen atoms in total. The van der Waals surface area contributed by atoms with E-state index in [9.17, 15) is 0 Å². The molecule has 0 aromatic heterocycles. The van der Waals surface area contributed by atoms with E-state index in [0.717, 1.165) is 13.1 Å². The smallest absolute Gasteiger partial charge is 0.146 e. The molecule has 0 bridgehead atoms. The minimum atomic E-state index is 0.337. The van der Waals surface area contributed by atoms with E-state index in [0.29, 0.717) is 66.4 Å². The topological polar surface area (TPSA) is 67.4 Å². The first-order valence-electron chi connectivity index (χ1n) is 7.59. The quantitative estimate of drug-likeness (QED) is 0.294. The second-order valence-electron chi connectivity index (χ2n) is 4.01. The number of hydrogen-bond donors (Lipinski definition) is 1. The molecule has 21 heavy (non-hydrogen) atoms. The minimum Gasteiger partial charge on any atom is -0.378 e. The predicted octanol–water partition coefficient (Wildman–Crippen LogP) is 0.630. The third-order valence-corrected chi connectivity index (χ3v) is 2.33. The van der Waals surface area contributed by atoms with Gasteiger partial charge in [0.15, 0.2) is 0 Å². The first-order valence-corrected chi connectivity index (χ1v) is 7.59. The summed E-state index contributed by atoms with van der Waals surface area (Å²) in [5.41, 5.74) is 0. The molecule has 0 fully saturated rings. The monoisotopic (exact) mass is 309 g/mol. The van der Waals surface area contributed by atoms with E-state index >= 15 is 0 Å². The second kappa shape index (κ2) is 19.7. The van der Waals surface area contributed by atoms with Crippen LogP contribution in [0.15, 0.2) is 0 Å². The Kier molecular flexibility index (Phi) is 19.5. The summed E-state index contributed by atoms with van der Waals surface area (Å²) >= 11 is 0. The molecule has 0 aliphatic carbocycles. The lowest BCUT2D eigenvalue weighted by atomic mass is 10.6. The summed E-state index contributed by atoms with van der Waals surface area (Å²) in [5, 5.41) is 3.23. The molecule has 0 saturated carbocycles. The average Bonchev–Trinajstić information content (AvgIpc) is 2.50. The third-order valence-electron chi connectivity index (χ3n) is 2.33. The van der Waals surface area contributed by atoms with Crippen molar-refractivity contribution in [1.82, 2.24) is 5.32 Å². The Bertz CT molecular complexity index is 167. The Labute approximate surface area is 128 Å². The second-order valence-corrected chi connectivity index (χ2v) is 4.01. The van der Waals surface area contributed by atoms with Crippen LogP contribution < -0.4 is 5.32 Å². The highest BCUT2D eigenvalue weighted by molar-refractivity contribution is 4.45. The van der Waals surface area contributed by atoms with E-state index in [1.807, 2.05) is 13.8 Å². The summed E-state index contributed by atoms with van der Waals surface area (Å²) in [6, 6.07) is 0. The van der Waals surface area contributed by atoms with Gasteiger partial charge in [0, 0.05) is 26.3 Å². The fourth-order valence-electron chi connectivity index (χ4n) is 1.26. The lowest BCUT2D eigenvalue weighted by Gasteiger charge is -2.08. The predicted molar refractivity (Wildman–Crippen MR) is 79.4 cm³/mol. The van der Waals surface area contributed by atoms with E-state index in [-0.39, 0.29) is 0 Å². The maximum absolute atomic E-state index is 5.38. The average molecular weight is 309 g/mol. The summed E-state index contributed by atoms with van der Waals surface area (Å²) in [6.45, 7) is 11.1. The zero-order valence-electron chi connectivity index (χ0n) is 13.4. The van der Waals surface area contributed by atoms with Crippen LogP contribution in [0.2, 0.25) is 0 Å². The maximum atomic E-state index is 5.38. The molecule has 0 spiro atoms. The van der Waals surface area contributed by atoms with Crippen LogP contribution in [0.3, 0.4) is 0 Å². The highest BCUT2D eigenvalue weighted by Crippen LogP contribution is 1.81. The molecule has 7 heteroatoms. The van der Waals surface area contributed by atoms with Gasteiger partial charge in [-0.05, 0) is 13.8 Å². The standard InChI is InChI=1S/C14H31NO6/c1-3-16-13-20-11-9-18-7-5-15-6-8-19-10-12-21-14-17-4-2/h15H,3-14H2,1-2H3. The molecule has 0 heterocycles. The first kappa shape index (κ1) is 20.7. The van der Waals surface area contributed by atoms with E-state index < -0.39 is 0 Å². The van der Waals surface area contributed by atoms with Crippen LogP contribution in [0, 0.1) is 0 Å². The SMILES string of the molecule is CCOCOCCOCCNCCOCCOCOCC. The summed E-state index contributed by atoms with van der Waals surface area (Å²) in [7, 11) is 0. The Morgan fingerprint density at radius 2 is 0.952 bits per heavy atom. The molecule has 1 N–H and O–H groups in total. The highest BCUT2D eigenvalue weighted by atomic mass is 16.7. The van der Waals surface area contributed by atoms with E-state index in [2.05, 4.69) is 5.32 Å². The molecule has 0 aromatic rings. The molecule has 0 atom stereocenters. The molecule has 0 amide bonds. The number of rotatable bonds is 18. The molecule has 0 aliphatic heterocycles. The molecular weight excluding hydrogens is 278 g/mol. The van der Waals surface area contributed by atoms with Gasteiger partial charge in [-0.25, -0.2) is 0 Å². The van der Waals surface area contributed by atoms with Crippen LogP contribution in [0.4, 0.5) is 0 Å². The Hall–Kier alpha value is -0.280. The first-order chi connectivity index (χ1) is 10.4. The van der Waals surface area contributed by atoms with Crippen molar-refractivity contribution in [2.75, 3.05) is 79.5 Å². The van der Waals surface area contributed by atoms with Crippen molar-refractivity contribution in [3.05, 3.63) is 0 Å². The molecule has 0 saturated heterocycles. The molecule has 128 valence electrons.